The van der Waals surface area contributed by atoms with Crippen LogP contribution in [0, 0.1) is 0 Å². The van der Waals surface area contributed by atoms with E-state index in [1.807, 2.05) is 0 Å². The number of anilines is 1. The highest BCUT2D eigenvalue weighted by Gasteiger charge is 2.17. The summed E-state index contributed by atoms with van der Waals surface area (Å²) in [6.45, 7) is 0. The average molecular weight is 408 g/mol. The van der Waals surface area contributed by atoms with Crippen LogP contribution >= 0.6 is 23.4 Å². The summed E-state index contributed by atoms with van der Waals surface area (Å²) in [7, 11) is 0. The summed E-state index contributed by atoms with van der Waals surface area (Å²) in [5.74, 6) is -2.34. The van der Waals surface area contributed by atoms with Crippen LogP contribution in [0.2, 0.25) is 5.02 Å². The highest BCUT2D eigenvalue weighted by atomic mass is 35.5. The summed E-state index contributed by atoms with van der Waals surface area (Å²) < 4.78 is 30.8. The number of pyridine rings is 2. The molecule has 0 spiro atoms. The number of thioether (sulfide) groups is 1. The molecule has 0 atom stereocenters. The third kappa shape index (κ3) is 5.38. The van der Waals surface area contributed by atoms with Crippen molar-refractivity contribution in [2.75, 3.05) is 5.32 Å². The summed E-state index contributed by atoms with van der Waals surface area (Å²) in [5, 5.41) is 3.15. The van der Waals surface area contributed by atoms with Crippen LogP contribution < -0.4 is 10.1 Å². The van der Waals surface area contributed by atoms with Gasteiger partial charge in [-0.2, -0.15) is 8.78 Å². The van der Waals surface area contributed by atoms with E-state index in [-0.39, 0.29) is 22.4 Å². The first-order valence-electron chi connectivity index (χ1n) is 7.62. The van der Waals surface area contributed by atoms with Crippen molar-refractivity contribution in [3.8, 4) is 11.6 Å². The molecule has 0 radical (unpaired) electrons. The molecule has 2 aromatic heterocycles. The molecule has 27 heavy (non-hydrogen) atoms. The molecule has 3 aromatic rings. The van der Waals surface area contributed by atoms with Crippen LogP contribution in [0.4, 0.5) is 14.5 Å². The van der Waals surface area contributed by atoms with Crippen LogP contribution in [0.5, 0.6) is 11.6 Å². The number of benzene rings is 1. The molecule has 1 N–H and O–H groups in total. The summed E-state index contributed by atoms with van der Waals surface area (Å²) in [5.41, 5.74) is 0.449. The lowest BCUT2D eigenvalue weighted by molar-refractivity contribution is 0.102. The number of carbonyl (C=O) groups excluding carboxylic acids is 1. The molecule has 0 unspecified atom stereocenters. The van der Waals surface area contributed by atoms with Crippen molar-refractivity contribution >= 4 is 35.0 Å². The number of alkyl halides is 2. The van der Waals surface area contributed by atoms with Crippen LogP contribution in [-0.4, -0.2) is 21.6 Å². The van der Waals surface area contributed by atoms with E-state index in [0.29, 0.717) is 22.3 Å². The Balaban J connectivity index is 1.68. The number of rotatable bonds is 6. The molecule has 0 aliphatic carbocycles. The fourth-order valence-electron chi connectivity index (χ4n) is 2.08. The molecule has 9 heteroatoms. The Bertz CT molecular complexity index is 925. The van der Waals surface area contributed by atoms with Crippen molar-refractivity contribution in [3.05, 3.63) is 71.5 Å². The lowest BCUT2D eigenvalue weighted by Crippen LogP contribution is -2.14. The molecule has 0 bridgehead atoms. The zero-order chi connectivity index (χ0) is 19.2. The molecule has 3 rings (SSSR count). The Morgan fingerprint density at radius 2 is 1.89 bits per heavy atom. The van der Waals surface area contributed by atoms with Crippen LogP contribution in [0.3, 0.4) is 0 Å². The van der Waals surface area contributed by atoms with E-state index in [0.717, 1.165) is 0 Å². The lowest BCUT2D eigenvalue weighted by atomic mass is 10.2. The van der Waals surface area contributed by atoms with Gasteiger partial charge in [0.2, 0.25) is 5.88 Å². The molecule has 0 saturated heterocycles. The van der Waals surface area contributed by atoms with Crippen molar-refractivity contribution in [3.63, 3.8) is 0 Å². The largest absolute Gasteiger partial charge is 0.439 e. The van der Waals surface area contributed by atoms with Crippen molar-refractivity contribution < 1.29 is 18.3 Å². The first-order valence-corrected chi connectivity index (χ1v) is 8.87. The van der Waals surface area contributed by atoms with Gasteiger partial charge in [-0.1, -0.05) is 11.6 Å². The highest BCUT2D eigenvalue weighted by molar-refractivity contribution is 7.99. The van der Waals surface area contributed by atoms with E-state index in [1.165, 1.54) is 24.5 Å². The van der Waals surface area contributed by atoms with Crippen LogP contribution in [0.25, 0.3) is 0 Å². The minimum Gasteiger partial charge on any atom is -0.439 e. The second-order valence-corrected chi connectivity index (χ2v) is 6.55. The number of hydrogen-bond acceptors (Lipinski definition) is 5. The standard InChI is InChI=1S/C18H12ClF2N3O2S/c19-11-3-6-13(7-4-11)26-15-8-5-12(10-23-15)24-16(25)14-2-1-9-22-17(14)27-18(20)21/h1-10,18H,(H,24,25). The monoisotopic (exact) mass is 407 g/mol. The zero-order valence-corrected chi connectivity index (χ0v) is 15.2. The van der Waals surface area contributed by atoms with E-state index in [4.69, 9.17) is 16.3 Å². The maximum Gasteiger partial charge on any atom is 0.290 e. The van der Waals surface area contributed by atoms with Crippen LogP contribution in [0.1, 0.15) is 10.4 Å². The molecule has 5 nitrogen and oxygen atoms in total. The van der Waals surface area contributed by atoms with Gasteiger partial charge in [-0.3, -0.25) is 4.79 Å². The molecular formula is C18H12ClF2N3O2S. The second kappa shape index (κ2) is 8.79. The summed E-state index contributed by atoms with van der Waals surface area (Å²) >= 11 is 6.03. The number of nitrogens with zero attached hydrogens (tertiary/aromatic N) is 2. The third-order valence-corrected chi connectivity index (χ3v) is 4.23. The fourth-order valence-corrected chi connectivity index (χ4v) is 2.78. The van der Waals surface area contributed by atoms with Crippen molar-refractivity contribution in [1.29, 1.82) is 0 Å². The third-order valence-electron chi connectivity index (χ3n) is 3.25. The maximum atomic E-state index is 12.6. The Labute approximate surface area is 162 Å². The quantitative estimate of drug-likeness (QED) is 0.547. The maximum absolute atomic E-state index is 12.6. The molecule has 2 heterocycles. The first kappa shape index (κ1) is 19.1. The fraction of sp³-hybridized carbons (Fsp3) is 0.0556. The molecule has 0 fully saturated rings. The van der Waals surface area contributed by atoms with Gasteiger partial charge in [-0.15, -0.1) is 0 Å². The lowest BCUT2D eigenvalue weighted by Gasteiger charge is -2.09. The van der Waals surface area contributed by atoms with E-state index in [1.54, 1.807) is 36.4 Å². The van der Waals surface area contributed by atoms with Gasteiger partial charge in [0.05, 0.1) is 17.4 Å². The van der Waals surface area contributed by atoms with Gasteiger partial charge >= 0.3 is 0 Å². The van der Waals surface area contributed by atoms with Crippen molar-refractivity contribution in [2.24, 2.45) is 0 Å². The predicted octanol–water partition coefficient (Wildman–Crippen LogP) is 5.49. The zero-order valence-electron chi connectivity index (χ0n) is 13.6. The van der Waals surface area contributed by atoms with Gasteiger partial charge in [0.15, 0.2) is 0 Å². The molecule has 0 saturated carbocycles. The second-order valence-electron chi connectivity index (χ2n) is 5.13. The number of halogens is 3. The molecule has 0 aliphatic heterocycles. The first-order chi connectivity index (χ1) is 13.0. The van der Waals surface area contributed by atoms with Gasteiger partial charge in [0, 0.05) is 17.3 Å². The average Bonchev–Trinajstić information content (AvgIpc) is 2.65. The minimum absolute atomic E-state index is 0.0411. The van der Waals surface area contributed by atoms with E-state index < -0.39 is 11.7 Å². The van der Waals surface area contributed by atoms with Gasteiger partial charge in [0.1, 0.15) is 10.8 Å². The molecular weight excluding hydrogens is 396 g/mol. The summed E-state index contributed by atoms with van der Waals surface area (Å²) in [6, 6.07) is 12.9. The summed E-state index contributed by atoms with van der Waals surface area (Å²) in [4.78, 5) is 20.3. The number of carbonyl (C=O) groups is 1. The van der Waals surface area contributed by atoms with Crippen LogP contribution in [-0.2, 0) is 0 Å². The number of amides is 1. The SMILES string of the molecule is O=C(Nc1ccc(Oc2ccc(Cl)cc2)nc1)c1cccnc1SC(F)F. The molecule has 1 aromatic carbocycles. The minimum atomic E-state index is -2.67. The molecule has 1 amide bonds. The Kier molecular flexibility index (Phi) is 6.20. The van der Waals surface area contributed by atoms with Gasteiger partial charge in [-0.25, -0.2) is 9.97 Å². The summed E-state index contributed by atoms with van der Waals surface area (Å²) in [6.07, 6.45) is 2.76. The Hall–Kier alpha value is -2.71. The Morgan fingerprint density at radius 3 is 2.56 bits per heavy atom. The van der Waals surface area contributed by atoms with E-state index in [2.05, 4.69) is 15.3 Å². The van der Waals surface area contributed by atoms with Crippen LogP contribution in [0.15, 0.2) is 66.0 Å². The predicted molar refractivity (Wildman–Crippen MR) is 99.8 cm³/mol. The number of hydrogen-bond donors (Lipinski definition) is 1. The van der Waals surface area contributed by atoms with Crippen molar-refractivity contribution in [2.45, 2.75) is 10.8 Å². The molecule has 138 valence electrons. The number of aromatic nitrogens is 2. The van der Waals surface area contributed by atoms with E-state index >= 15 is 0 Å². The van der Waals surface area contributed by atoms with Gasteiger partial charge < -0.3 is 10.1 Å². The van der Waals surface area contributed by atoms with Gasteiger partial charge in [0.25, 0.3) is 11.7 Å². The highest BCUT2D eigenvalue weighted by Crippen LogP contribution is 2.27. The van der Waals surface area contributed by atoms with Crippen molar-refractivity contribution in [1.82, 2.24) is 9.97 Å². The normalized spacial score (nSPS) is 10.7. The number of nitrogens with one attached hydrogen (secondary N) is 1. The van der Waals surface area contributed by atoms with E-state index in [9.17, 15) is 13.6 Å². The molecule has 0 aliphatic rings. The topological polar surface area (TPSA) is 64.1 Å². The van der Waals surface area contributed by atoms with Gasteiger partial charge in [-0.05, 0) is 54.2 Å². The number of ether oxygens (including phenoxy) is 1. The Morgan fingerprint density at radius 1 is 1.11 bits per heavy atom. The smallest absolute Gasteiger partial charge is 0.290 e.